The van der Waals surface area contributed by atoms with Gasteiger partial charge in [-0.1, -0.05) is 5.16 Å². The fourth-order valence-electron chi connectivity index (χ4n) is 6.37. The van der Waals surface area contributed by atoms with Crippen LogP contribution in [0.1, 0.15) is 26.3 Å². The third-order valence-corrected chi connectivity index (χ3v) is 7.87. The number of barbiturate groups is 1. The van der Waals surface area contributed by atoms with Crippen molar-refractivity contribution in [3.8, 4) is 0 Å². The van der Waals surface area contributed by atoms with Gasteiger partial charge in [-0.3, -0.25) is 20.2 Å². The van der Waals surface area contributed by atoms with Crippen LogP contribution in [0, 0.1) is 11.2 Å². The minimum absolute atomic E-state index is 0.0331. The average Bonchev–Trinajstić information content (AvgIpc) is 3.36. The zero-order valence-corrected chi connectivity index (χ0v) is 21.1. The summed E-state index contributed by atoms with van der Waals surface area (Å²) < 4.78 is 38.3. The molecule has 6 rings (SSSR count). The van der Waals surface area contributed by atoms with Crippen LogP contribution in [0.2, 0.25) is 0 Å². The molecular formula is C24H26FN5O8. The number of hydrogen-bond acceptors (Lipinski definition) is 10. The lowest BCUT2D eigenvalue weighted by molar-refractivity contribution is -0.153. The SMILES string of the molecule is COC[C@@H]1[C@@H](C)OC(=O)N1c1noc2c(F)c3c(cc12)CC1(C(=O)NC(=O)NC1=O)[C@H]1[C@H](C)O[C@H](C)CN31. The highest BCUT2D eigenvalue weighted by Gasteiger charge is 2.63. The highest BCUT2D eigenvalue weighted by Crippen LogP contribution is 2.50. The number of carbonyl (C=O) groups excluding carboxylic acids is 4. The van der Waals surface area contributed by atoms with Gasteiger partial charge in [-0.05, 0) is 32.4 Å². The van der Waals surface area contributed by atoms with Crippen molar-refractivity contribution in [1.82, 2.24) is 15.8 Å². The number of rotatable bonds is 3. The molecule has 1 aromatic carbocycles. The Kier molecular flexibility index (Phi) is 5.40. The fourth-order valence-corrected chi connectivity index (χ4v) is 6.37. The number of amides is 5. The summed E-state index contributed by atoms with van der Waals surface area (Å²) in [7, 11) is 1.48. The number of methoxy groups -OCH3 is 1. The van der Waals surface area contributed by atoms with E-state index in [0.717, 1.165) is 0 Å². The molecule has 1 spiro atoms. The second-order valence-corrected chi connectivity index (χ2v) is 10.2. The van der Waals surface area contributed by atoms with Crippen LogP contribution in [0.25, 0.3) is 11.0 Å². The first-order chi connectivity index (χ1) is 18.1. The molecule has 2 N–H and O–H groups in total. The summed E-state index contributed by atoms with van der Waals surface area (Å²) in [5.41, 5.74) is -1.49. The van der Waals surface area contributed by atoms with Gasteiger partial charge < -0.3 is 23.6 Å². The van der Waals surface area contributed by atoms with Crippen molar-refractivity contribution in [1.29, 1.82) is 0 Å². The normalized spacial score (nSPS) is 30.3. The molecule has 38 heavy (non-hydrogen) atoms. The van der Waals surface area contributed by atoms with Gasteiger partial charge in [-0.2, -0.15) is 0 Å². The lowest BCUT2D eigenvalue weighted by Crippen LogP contribution is -2.75. The number of hydrogen-bond donors (Lipinski definition) is 2. The van der Waals surface area contributed by atoms with E-state index in [1.807, 2.05) is 0 Å². The van der Waals surface area contributed by atoms with Gasteiger partial charge >= 0.3 is 12.1 Å². The number of nitrogens with one attached hydrogen (secondary N) is 2. The molecule has 2 aromatic rings. The molecule has 4 aliphatic rings. The molecule has 0 aliphatic carbocycles. The highest BCUT2D eigenvalue weighted by atomic mass is 19.1. The summed E-state index contributed by atoms with van der Waals surface area (Å²) in [6, 6.07) is -0.805. The molecule has 3 saturated heterocycles. The highest BCUT2D eigenvalue weighted by molar-refractivity contribution is 6.20. The predicted molar refractivity (Wildman–Crippen MR) is 127 cm³/mol. The zero-order valence-electron chi connectivity index (χ0n) is 21.1. The second kappa shape index (κ2) is 8.36. The Morgan fingerprint density at radius 3 is 2.55 bits per heavy atom. The van der Waals surface area contributed by atoms with Gasteiger partial charge in [0, 0.05) is 20.1 Å². The van der Waals surface area contributed by atoms with Crippen LogP contribution in [0.3, 0.4) is 0 Å². The van der Waals surface area contributed by atoms with Crippen LogP contribution >= 0.6 is 0 Å². The molecular weight excluding hydrogens is 505 g/mol. The van der Waals surface area contributed by atoms with Gasteiger partial charge in [0.15, 0.2) is 17.1 Å². The predicted octanol–water partition coefficient (Wildman–Crippen LogP) is 1.22. The first-order valence-corrected chi connectivity index (χ1v) is 12.3. The second-order valence-electron chi connectivity index (χ2n) is 10.2. The van der Waals surface area contributed by atoms with E-state index in [9.17, 15) is 19.2 Å². The van der Waals surface area contributed by atoms with Gasteiger partial charge in [-0.15, -0.1) is 0 Å². The molecule has 1 aromatic heterocycles. The molecule has 3 fully saturated rings. The lowest BCUT2D eigenvalue weighted by atomic mass is 9.66. The minimum Gasteiger partial charge on any atom is -0.444 e. The van der Waals surface area contributed by atoms with Crippen molar-refractivity contribution in [2.24, 2.45) is 5.41 Å². The molecule has 0 radical (unpaired) electrons. The number of benzene rings is 1. The number of imide groups is 2. The van der Waals surface area contributed by atoms with E-state index in [4.69, 9.17) is 18.7 Å². The number of ether oxygens (including phenoxy) is 3. The molecule has 13 nitrogen and oxygen atoms in total. The topological polar surface area (TPSA) is 153 Å². The maximum Gasteiger partial charge on any atom is 0.416 e. The molecule has 0 unspecified atom stereocenters. The van der Waals surface area contributed by atoms with Gasteiger partial charge in [0.25, 0.3) is 0 Å². The molecule has 0 saturated carbocycles. The van der Waals surface area contributed by atoms with Crippen LogP contribution < -0.4 is 20.4 Å². The number of aromatic nitrogens is 1. The van der Waals surface area contributed by atoms with Crippen molar-refractivity contribution in [2.75, 3.05) is 30.1 Å². The molecule has 5 atom stereocenters. The first kappa shape index (κ1) is 24.6. The Balaban J connectivity index is 1.55. The van der Waals surface area contributed by atoms with Crippen LogP contribution in [0.4, 0.5) is 25.5 Å². The molecule has 0 bridgehead atoms. The molecule has 5 heterocycles. The van der Waals surface area contributed by atoms with Crippen molar-refractivity contribution in [3.63, 3.8) is 0 Å². The summed E-state index contributed by atoms with van der Waals surface area (Å²) >= 11 is 0. The molecule has 14 heteroatoms. The average molecular weight is 531 g/mol. The van der Waals surface area contributed by atoms with Crippen molar-refractivity contribution < 1.29 is 42.3 Å². The molecule has 5 amide bonds. The molecule has 202 valence electrons. The number of nitrogens with zero attached hydrogens (tertiary/aromatic N) is 3. The van der Waals surface area contributed by atoms with Crippen LogP contribution in [0.5, 0.6) is 0 Å². The van der Waals surface area contributed by atoms with Gasteiger partial charge in [0.05, 0.1) is 35.9 Å². The maximum atomic E-state index is 16.3. The summed E-state index contributed by atoms with van der Waals surface area (Å²) in [6.07, 6.45) is -2.45. The summed E-state index contributed by atoms with van der Waals surface area (Å²) in [4.78, 5) is 54.3. The van der Waals surface area contributed by atoms with Crippen molar-refractivity contribution >= 4 is 46.4 Å². The number of cyclic esters (lactones) is 1. The number of morpholine rings is 1. The minimum atomic E-state index is -1.78. The maximum absolute atomic E-state index is 16.3. The molecule has 4 aliphatic heterocycles. The van der Waals surface area contributed by atoms with Gasteiger partial charge in [0.1, 0.15) is 12.1 Å². The van der Waals surface area contributed by atoms with Crippen molar-refractivity contribution in [3.05, 3.63) is 17.4 Å². The summed E-state index contributed by atoms with van der Waals surface area (Å²) in [6.45, 7) is 5.52. The largest absolute Gasteiger partial charge is 0.444 e. The number of urea groups is 1. The van der Waals surface area contributed by atoms with E-state index in [1.165, 1.54) is 12.0 Å². The Morgan fingerprint density at radius 1 is 1.16 bits per heavy atom. The standard InChI is InChI=1S/C24H26FN5O8/c1-9-7-29-16-12(6-24(18(29)11(3)36-9)20(31)26-22(33)27-21(24)32)5-13-17(15(16)25)38-28-19(13)30-14(8-35-4)10(2)37-23(30)34/h5,9-11,14,18H,6-8H2,1-4H3,(H2,26,27,31,32,33)/t9-,10-,11+,14-,18-/m1/s1. The van der Waals surface area contributed by atoms with E-state index in [2.05, 4.69) is 15.8 Å². The number of anilines is 2. The fraction of sp³-hybridized carbons (Fsp3) is 0.542. The van der Waals surface area contributed by atoms with Crippen LogP contribution in [0.15, 0.2) is 10.6 Å². The zero-order chi connectivity index (χ0) is 27.1. The third-order valence-electron chi connectivity index (χ3n) is 7.87. The van der Waals surface area contributed by atoms with E-state index in [-0.39, 0.29) is 48.2 Å². The van der Waals surface area contributed by atoms with E-state index in [1.54, 1.807) is 31.7 Å². The van der Waals surface area contributed by atoms with Crippen molar-refractivity contribution in [2.45, 2.75) is 57.6 Å². The Bertz CT molecular complexity index is 1370. The summed E-state index contributed by atoms with van der Waals surface area (Å²) in [5.74, 6) is -2.29. The van der Waals surface area contributed by atoms with E-state index >= 15 is 4.39 Å². The summed E-state index contributed by atoms with van der Waals surface area (Å²) in [5, 5.41) is 8.58. The Labute approximate surface area is 215 Å². The number of halogens is 1. The quantitative estimate of drug-likeness (QED) is 0.553. The van der Waals surface area contributed by atoms with Crippen LogP contribution in [-0.2, 0) is 30.2 Å². The number of fused-ring (bicyclic) bond motifs is 5. The van der Waals surface area contributed by atoms with Crippen LogP contribution in [-0.4, -0.2) is 79.8 Å². The monoisotopic (exact) mass is 531 g/mol. The lowest BCUT2D eigenvalue weighted by Gasteiger charge is -2.55. The van der Waals surface area contributed by atoms with E-state index < -0.39 is 59.5 Å². The van der Waals surface area contributed by atoms with Gasteiger partial charge in [0.2, 0.25) is 17.4 Å². The van der Waals surface area contributed by atoms with Gasteiger partial charge in [-0.25, -0.2) is 18.9 Å². The first-order valence-electron chi connectivity index (χ1n) is 12.3. The third kappa shape index (κ3) is 3.19. The Morgan fingerprint density at radius 2 is 1.87 bits per heavy atom. The smallest absolute Gasteiger partial charge is 0.416 e. The number of carbonyl (C=O) groups is 4. The van der Waals surface area contributed by atoms with E-state index in [0.29, 0.717) is 5.56 Å². The Hall–Kier alpha value is -3.78.